The number of hydrogen-bond donors (Lipinski definition) is 2. The number of nitrogens with zero attached hydrogens (tertiary/aromatic N) is 1. The van der Waals surface area contributed by atoms with E-state index in [2.05, 4.69) is 10.3 Å². The largest absolute Gasteiger partial charge is 0.417 e. The lowest BCUT2D eigenvalue weighted by Crippen LogP contribution is -2.42. The molecule has 4 rings (SSSR count). The van der Waals surface area contributed by atoms with Crippen LogP contribution in [0.25, 0.3) is 11.4 Å². The number of aryl methyl sites for hydroxylation is 1. The number of ether oxygens (including phenoxy) is 1. The maximum atomic E-state index is 15.4. The number of aromatic amines is 1. The van der Waals surface area contributed by atoms with Crippen molar-refractivity contribution in [2.45, 2.75) is 57.8 Å². The summed E-state index contributed by atoms with van der Waals surface area (Å²) in [7, 11) is 0. The Morgan fingerprint density at radius 3 is 2.27 bits per heavy atom. The summed E-state index contributed by atoms with van der Waals surface area (Å²) < 4.78 is 115. The zero-order valence-corrected chi connectivity index (χ0v) is 21.4. The molecule has 1 aliphatic rings. The number of benzene rings is 2. The van der Waals surface area contributed by atoms with Gasteiger partial charge in [0.1, 0.15) is 11.6 Å². The average Bonchev–Trinajstić information content (AvgIpc) is 2.87. The maximum Gasteiger partial charge on any atom is 0.417 e. The van der Waals surface area contributed by atoms with Crippen molar-refractivity contribution >= 4 is 5.91 Å². The number of carbonyl (C=O) groups excluding carboxylic acids is 1. The Balaban J connectivity index is 1.43. The third kappa shape index (κ3) is 6.58. The van der Waals surface area contributed by atoms with Crippen molar-refractivity contribution < 1.29 is 44.7 Å². The van der Waals surface area contributed by atoms with Crippen molar-refractivity contribution in [2.75, 3.05) is 0 Å². The molecule has 3 aromatic rings. The molecule has 1 heterocycles. The van der Waals surface area contributed by atoms with E-state index in [1.165, 1.54) is 25.1 Å². The van der Waals surface area contributed by atoms with Crippen LogP contribution in [-0.2, 0) is 41.5 Å². The molecule has 41 heavy (non-hydrogen) atoms. The highest BCUT2D eigenvalue weighted by Gasteiger charge is 2.39. The second-order valence-electron chi connectivity index (χ2n) is 9.46. The molecule has 2 N–H and O–H groups in total. The zero-order chi connectivity index (χ0) is 30.1. The standard InChI is InChI=1S/C27H23F8N3O3/c1-2-19-22(29)25(40)38-23(37-19)20-18(27(33,34)35)8-7-13(21(20)28)11-36-24(39)15-9-16(10-15)41-12-14-5-3-4-6-17(14)26(30,31)32/h3-8,15-16H,2,9-12H2,1H3,(H,36,39)(H,37,38,40)/t15-,16-. The van der Waals surface area contributed by atoms with E-state index in [1.807, 2.05) is 4.98 Å². The van der Waals surface area contributed by atoms with Crippen molar-refractivity contribution in [3.05, 3.63) is 86.3 Å². The predicted molar refractivity (Wildman–Crippen MR) is 129 cm³/mol. The summed E-state index contributed by atoms with van der Waals surface area (Å²) in [5.41, 5.74) is -5.57. The average molecular weight is 589 g/mol. The van der Waals surface area contributed by atoms with E-state index >= 15 is 4.39 Å². The van der Waals surface area contributed by atoms with Crippen molar-refractivity contribution in [3.63, 3.8) is 0 Å². The third-order valence-corrected chi connectivity index (χ3v) is 6.75. The number of carbonyl (C=O) groups is 1. The van der Waals surface area contributed by atoms with Gasteiger partial charge in [-0.2, -0.15) is 30.7 Å². The number of amides is 1. The van der Waals surface area contributed by atoms with Crippen LogP contribution in [0.3, 0.4) is 0 Å². The van der Waals surface area contributed by atoms with Gasteiger partial charge in [0.25, 0.3) is 5.56 Å². The molecule has 0 unspecified atom stereocenters. The van der Waals surface area contributed by atoms with Gasteiger partial charge in [0.05, 0.1) is 35.1 Å². The molecule has 0 spiro atoms. The van der Waals surface area contributed by atoms with Crippen molar-refractivity contribution in [1.29, 1.82) is 0 Å². The smallest absolute Gasteiger partial charge is 0.373 e. The zero-order valence-electron chi connectivity index (χ0n) is 21.4. The number of halogens is 8. The molecule has 220 valence electrons. The van der Waals surface area contributed by atoms with Gasteiger partial charge in [0, 0.05) is 18.0 Å². The molecular weight excluding hydrogens is 566 g/mol. The molecule has 1 saturated carbocycles. The number of nitrogens with one attached hydrogen (secondary N) is 2. The summed E-state index contributed by atoms with van der Waals surface area (Å²) in [6, 6.07) is 6.34. The van der Waals surface area contributed by atoms with Crippen LogP contribution in [0.15, 0.2) is 41.2 Å². The highest BCUT2D eigenvalue weighted by molar-refractivity contribution is 5.79. The van der Waals surface area contributed by atoms with Crippen molar-refractivity contribution in [2.24, 2.45) is 5.92 Å². The van der Waals surface area contributed by atoms with Crippen LogP contribution in [0, 0.1) is 17.6 Å². The quantitative estimate of drug-likeness (QED) is 0.320. The van der Waals surface area contributed by atoms with E-state index in [0.29, 0.717) is 6.07 Å². The van der Waals surface area contributed by atoms with E-state index in [0.717, 1.165) is 12.1 Å². The first kappa shape index (κ1) is 30.2. The van der Waals surface area contributed by atoms with Crippen molar-refractivity contribution in [3.8, 4) is 11.4 Å². The van der Waals surface area contributed by atoms with Crippen LogP contribution < -0.4 is 10.9 Å². The van der Waals surface area contributed by atoms with E-state index in [1.54, 1.807) is 0 Å². The first-order valence-electron chi connectivity index (χ1n) is 12.4. The summed E-state index contributed by atoms with van der Waals surface area (Å²) in [6.45, 7) is 0.593. The van der Waals surface area contributed by atoms with Gasteiger partial charge in [-0.3, -0.25) is 9.59 Å². The Kier molecular flexibility index (Phi) is 8.52. The number of rotatable bonds is 8. The highest BCUT2D eigenvalue weighted by atomic mass is 19.4. The van der Waals surface area contributed by atoms with E-state index < -0.39 is 82.2 Å². The minimum Gasteiger partial charge on any atom is -0.373 e. The second kappa shape index (κ2) is 11.6. The van der Waals surface area contributed by atoms with Gasteiger partial charge in [0.15, 0.2) is 0 Å². The Bertz CT molecular complexity index is 1490. The maximum absolute atomic E-state index is 15.4. The summed E-state index contributed by atoms with van der Waals surface area (Å²) in [5.74, 6) is -4.66. The molecule has 0 radical (unpaired) electrons. The van der Waals surface area contributed by atoms with Gasteiger partial charge in [0.2, 0.25) is 11.7 Å². The third-order valence-electron chi connectivity index (χ3n) is 6.75. The normalized spacial score (nSPS) is 17.3. The van der Waals surface area contributed by atoms with Crippen LogP contribution in [0.5, 0.6) is 0 Å². The first-order chi connectivity index (χ1) is 19.2. The molecule has 1 fully saturated rings. The lowest BCUT2D eigenvalue weighted by Gasteiger charge is -2.34. The number of H-pyrrole nitrogens is 1. The molecule has 0 saturated heterocycles. The predicted octanol–water partition coefficient (Wildman–Crippen LogP) is 5.93. The van der Waals surface area contributed by atoms with Crippen LogP contribution in [0.4, 0.5) is 35.1 Å². The van der Waals surface area contributed by atoms with Crippen LogP contribution in [0.1, 0.15) is 47.7 Å². The fraction of sp³-hybridized carbons (Fsp3) is 0.370. The summed E-state index contributed by atoms with van der Waals surface area (Å²) >= 11 is 0. The van der Waals surface area contributed by atoms with Crippen molar-refractivity contribution in [1.82, 2.24) is 15.3 Å². The highest BCUT2D eigenvalue weighted by Crippen LogP contribution is 2.39. The molecule has 6 nitrogen and oxygen atoms in total. The molecule has 2 aromatic carbocycles. The molecule has 0 aliphatic heterocycles. The SMILES string of the molecule is CCc1nc(-c2c(C(F)(F)F)ccc(CNC(=O)[C@H]3C[C@H](OCc4ccccc4C(F)(F)F)C3)c2F)[nH]c(=O)c1F. The Labute approximate surface area is 227 Å². The minimum absolute atomic E-state index is 0.0514. The lowest BCUT2D eigenvalue weighted by atomic mass is 9.81. The fourth-order valence-electron chi connectivity index (χ4n) is 4.45. The summed E-state index contributed by atoms with van der Waals surface area (Å²) in [4.78, 5) is 30.0. The molecule has 1 aliphatic carbocycles. The number of hydrogen-bond acceptors (Lipinski definition) is 4. The molecular formula is C27H23F8N3O3. The van der Waals surface area contributed by atoms with Gasteiger partial charge >= 0.3 is 12.4 Å². The van der Waals surface area contributed by atoms with Gasteiger partial charge in [-0.05, 0) is 37.0 Å². The minimum atomic E-state index is -5.04. The van der Waals surface area contributed by atoms with E-state index in [4.69, 9.17) is 4.74 Å². The molecule has 14 heteroatoms. The van der Waals surface area contributed by atoms with E-state index in [9.17, 15) is 40.3 Å². The lowest BCUT2D eigenvalue weighted by molar-refractivity contribution is -0.140. The van der Waals surface area contributed by atoms with Crippen LogP contribution in [-0.4, -0.2) is 22.0 Å². The van der Waals surface area contributed by atoms with E-state index in [-0.39, 0.29) is 37.0 Å². The molecule has 1 amide bonds. The van der Waals surface area contributed by atoms with Gasteiger partial charge < -0.3 is 15.0 Å². The van der Waals surface area contributed by atoms with Gasteiger partial charge in [-0.15, -0.1) is 0 Å². The molecule has 0 bridgehead atoms. The van der Waals surface area contributed by atoms with Gasteiger partial charge in [-0.25, -0.2) is 9.37 Å². The number of alkyl halides is 6. The summed E-state index contributed by atoms with van der Waals surface area (Å²) in [6.07, 6.45) is -9.85. The Hall–Kier alpha value is -3.81. The first-order valence-corrected chi connectivity index (χ1v) is 12.4. The number of aromatic nitrogens is 2. The van der Waals surface area contributed by atoms with Crippen LogP contribution in [0.2, 0.25) is 0 Å². The Morgan fingerprint density at radius 2 is 1.63 bits per heavy atom. The monoisotopic (exact) mass is 589 g/mol. The molecule has 0 atom stereocenters. The fourth-order valence-corrected chi connectivity index (χ4v) is 4.45. The van der Waals surface area contributed by atoms with Crippen LogP contribution >= 0.6 is 0 Å². The Morgan fingerprint density at radius 1 is 0.976 bits per heavy atom. The molecule has 1 aromatic heterocycles. The summed E-state index contributed by atoms with van der Waals surface area (Å²) in [5, 5.41) is 2.43. The van der Waals surface area contributed by atoms with Gasteiger partial charge in [-0.1, -0.05) is 31.2 Å². The topological polar surface area (TPSA) is 84.1 Å². The second-order valence-corrected chi connectivity index (χ2v) is 9.46.